The largest absolute Gasteiger partial charge is 0.443 e. The number of hydrogen-bond acceptors (Lipinski definition) is 3. The lowest BCUT2D eigenvalue weighted by molar-refractivity contribution is 0.0533. The van der Waals surface area contributed by atoms with Crippen LogP contribution in [0.25, 0.3) is 0 Å². The lowest BCUT2D eigenvalue weighted by atomic mass is 10.2. The van der Waals surface area contributed by atoms with Crippen molar-refractivity contribution in [3.8, 4) is 0 Å². The lowest BCUT2D eigenvalue weighted by Crippen LogP contribution is -2.27. The Bertz CT molecular complexity index is 310. The van der Waals surface area contributed by atoms with Crippen LogP contribution in [-0.4, -0.2) is 21.2 Å². The van der Waals surface area contributed by atoms with E-state index in [1.807, 2.05) is 20.8 Å². The van der Waals surface area contributed by atoms with Crippen LogP contribution >= 0.6 is 0 Å². The molecule has 0 radical (unpaired) electrons. The van der Waals surface area contributed by atoms with Crippen LogP contribution < -0.4 is 0 Å². The molecule has 1 aromatic heterocycles. The Morgan fingerprint density at radius 1 is 1.54 bits per heavy atom. The van der Waals surface area contributed by atoms with Gasteiger partial charge in [0.25, 0.3) is 0 Å². The Hall–Kier alpha value is -1.32. The number of rotatable bonds is 0. The van der Waals surface area contributed by atoms with E-state index in [0.717, 1.165) is 5.69 Å². The Morgan fingerprint density at radius 3 is 2.54 bits per heavy atom. The predicted molar refractivity (Wildman–Crippen MR) is 48.6 cm³/mol. The molecule has 0 bridgehead atoms. The molecule has 0 atom stereocenters. The zero-order chi connectivity index (χ0) is 10.1. The molecule has 1 aromatic rings. The summed E-state index contributed by atoms with van der Waals surface area (Å²) >= 11 is 0. The standard InChI is InChI=1S/C9H14N2O2/c1-7-5-10-6-11(7)8(12)13-9(2,3)4/h5-6H,1-4H3. The number of ether oxygens (including phenoxy) is 1. The molecule has 0 saturated heterocycles. The fourth-order valence-corrected chi connectivity index (χ4v) is 0.863. The van der Waals surface area contributed by atoms with Crippen LogP contribution in [0, 0.1) is 6.92 Å². The minimum atomic E-state index is -0.464. The number of aromatic nitrogens is 2. The molecule has 0 aliphatic rings. The van der Waals surface area contributed by atoms with Crippen LogP contribution in [0.4, 0.5) is 4.79 Å². The number of hydrogen-bond donors (Lipinski definition) is 0. The molecule has 1 rings (SSSR count). The number of carbonyl (C=O) groups excluding carboxylic acids is 1. The van der Waals surface area contributed by atoms with Crippen LogP contribution in [0.1, 0.15) is 26.5 Å². The molecule has 72 valence electrons. The molecular weight excluding hydrogens is 168 g/mol. The summed E-state index contributed by atoms with van der Waals surface area (Å²) in [5.41, 5.74) is 0.308. The van der Waals surface area contributed by atoms with Gasteiger partial charge in [0.2, 0.25) is 0 Å². The van der Waals surface area contributed by atoms with Crippen LogP contribution in [0.5, 0.6) is 0 Å². The third kappa shape index (κ3) is 2.57. The van der Waals surface area contributed by atoms with Crippen molar-refractivity contribution in [2.45, 2.75) is 33.3 Å². The zero-order valence-electron chi connectivity index (χ0n) is 8.37. The molecule has 0 aromatic carbocycles. The Kier molecular flexibility index (Phi) is 2.40. The first-order valence-electron chi connectivity index (χ1n) is 4.12. The Labute approximate surface area is 77.5 Å². The van der Waals surface area contributed by atoms with E-state index >= 15 is 0 Å². The third-order valence-corrected chi connectivity index (χ3v) is 1.41. The Morgan fingerprint density at radius 2 is 2.15 bits per heavy atom. The maximum absolute atomic E-state index is 11.4. The molecule has 0 fully saturated rings. The van der Waals surface area contributed by atoms with Crippen LogP contribution in [-0.2, 0) is 4.74 Å². The van der Waals surface area contributed by atoms with Crippen molar-refractivity contribution < 1.29 is 9.53 Å². The molecule has 13 heavy (non-hydrogen) atoms. The second kappa shape index (κ2) is 3.20. The SMILES string of the molecule is Cc1cncn1C(=O)OC(C)(C)C. The van der Waals surface area contributed by atoms with Crippen molar-refractivity contribution >= 4 is 6.09 Å². The first-order valence-corrected chi connectivity index (χ1v) is 4.12. The summed E-state index contributed by atoms with van der Waals surface area (Å²) in [6.07, 6.45) is 2.68. The number of carbonyl (C=O) groups is 1. The molecule has 4 nitrogen and oxygen atoms in total. The highest BCUT2D eigenvalue weighted by molar-refractivity contribution is 5.71. The summed E-state index contributed by atoms with van der Waals surface area (Å²) in [6.45, 7) is 7.29. The minimum absolute atomic E-state index is 0.387. The second-order valence-electron chi connectivity index (χ2n) is 3.89. The van der Waals surface area contributed by atoms with E-state index in [1.54, 1.807) is 13.1 Å². The molecule has 0 amide bonds. The fraction of sp³-hybridized carbons (Fsp3) is 0.556. The van der Waals surface area contributed by atoms with Gasteiger partial charge in [0.15, 0.2) is 0 Å². The fourth-order valence-electron chi connectivity index (χ4n) is 0.863. The average Bonchev–Trinajstić information content (AvgIpc) is 2.30. The molecule has 0 aliphatic carbocycles. The predicted octanol–water partition coefficient (Wildman–Crippen LogP) is 1.97. The summed E-state index contributed by atoms with van der Waals surface area (Å²) in [7, 11) is 0. The monoisotopic (exact) mass is 182 g/mol. The third-order valence-electron chi connectivity index (χ3n) is 1.41. The summed E-state index contributed by atoms with van der Waals surface area (Å²) in [5.74, 6) is 0. The summed E-state index contributed by atoms with van der Waals surface area (Å²) < 4.78 is 6.53. The highest BCUT2D eigenvalue weighted by Crippen LogP contribution is 2.09. The van der Waals surface area contributed by atoms with Crippen LogP contribution in [0.15, 0.2) is 12.5 Å². The van der Waals surface area contributed by atoms with Crippen molar-refractivity contribution in [1.29, 1.82) is 0 Å². The number of imidazole rings is 1. The number of nitrogens with zero attached hydrogens (tertiary/aromatic N) is 2. The summed E-state index contributed by atoms with van der Waals surface area (Å²) in [4.78, 5) is 15.3. The van der Waals surface area contributed by atoms with Gasteiger partial charge in [-0.15, -0.1) is 0 Å². The van der Waals surface area contributed by atoms with E-state index in [4.69, 9.17) is 4.74 Å². The molecule has 0 N–H and O–H groups in total. The van der Waals surface area contributed by atoms with Crippen molar-refractivity contribution in [3.05, 3.63) is 18.2 Å². The molecule has 1 heterocycles. The van der Waals surface area contributed by atoms with E-state index in [0.29, 0.717) is 0 Å². The summed E-state index contributed by atoms with van der Waals surface area (Å²) in [6, 6.07) is 0. The van der Waals surface area contributed by atoms with Crippen molar-refractivity contribution in [3.63, 3.8) is 0 Å². The quantitative estimate of drug-likeness (QED) is 0.616. The van der Waals surface area contributed by atoms with Gasteiger partial charge >= 0.3 is 6.09 Å². The number of aryl methyl sites for hydroxylation is 1. The van der Waals surface area contributed by atoms with Crippen LogP contribution in [0.3, 0.4) is 0 Å². The van der Waals surface area contributed by atoms with Gasteiger partial charge in [0.1, 0.15) is 11.9 Å². The second-order valence-corrected chi connectivity index (χ2v) is 3.89. The molecule has 0 spiro atoms. The average molecular weight is 182 g/mol. The van der Waals surface area contributed by atoms with Crippen molar-refractivity contribution in [1.82, 2.24) is 9.55 Å². The smallest absolute Gasteiger partial charge is 0.419 e. The van der Waals surface area contributed by atoms with Gasteiger partial charge < -0.3 is 4.74 Å². The first-order chi connectivity index (χ1) is 5.90. The lowest BCUT2D eigenvalue weighted by Gasteiger charge is -2.19. The Balaban J connectivity index is 2.76. The van der Waals surface area contributed by atoms with Gasteiger partial charge in [0.05, 0.1) is 0 Å². The minimum Gasteiger partial charge on any atom is -0.443 e. The normalized spacial score (nSPS) is 11.4. The molecular formula is C9H14N2O2. The van der Waals surface area contributed by atoms with Crippen LogP contribution in [0.2, 0.25) is 0 Å². The zero-order valence-corrected chi connectivity index (χ0v) is 8.37. The van der Waals surface area contributed by atoms with E-state index in [2.05, 4.69) is 4.98 Å². The summed E-state index contributed by atoms with van der Waals surface area (Å²) in [5, 5.41) is 0. The maximum atomic E-state index is 11.4. The van der Waals surface area contributed by atoms with Crippen molar-refractivity contribution in [2.75, 3.05) is 0 Å². The van der Waals surface area contributed by atoms with E-state index in [-0.39, 0.29) is 6.09 Å². The van der Waals surface area contributed by atoms with Gasteiger partial charge in [0, 0.05) is 11.9 Å². The van der Waals surface area contributed by atoms with E-state index in [1.165, 1.54) is 10.9 Å². The molecule has 4 heteroatoms. The van der Waals surface area contributed by atoms with Gasteiger partial charge in [-0.05, 0) is 27.7 Å². The maximum Gasteiger partial charge on any atom is 0.419 e. The van der Waals surface area contributed by atoms with Gasteiger partial charge in [-0.3, -0.25) is 0 Å². The highest BCUT2D eigenvalue weighted by Gasteiger charge is 2.18. The van der Waals surface area contributed by atoms with Gasteiger partial charge in [-0.1, -0.05) is 0 Å². The molecule has 0 unspecified atom stereocenters. The molecule has 0 saturated carbocycles. The highest BCUT2D eigenvalue weighted by atomic mass is 16.6. The first kappa shape index (κ1) is 9.77. The van der Waals surface area contributed by atoms with E-state index < -0.39 is 5.60 Å². The van der Waals surface area contributed by atoms with Crippen molar-refractivity contribution in [2.24, 2.45) is 0 Å². The molecule has 0 aliphatic heterocycles. The topological polar surface area (TPSA) is 44.1 Å². The van der Waals surface area contributed by atoms with Gasteiger partial charge in [-0.2, -0.15) is 0 Å². The van der Waals surface area contributed by atoms with E-state index in [9.17, 15) is 4.79 Å². The van der Waals surface area contributed by atoms with Gasteiger partial charge in [-0.25, -0.2) is 14.3 Å².